The van der Waals surface area contributed by atoms with Crippen LogP contribution in [0.4, 0.5) is 10.5 Å². The molecule has 3 atom stereocenters. The van der Waals surface area contributed by atoms with Crippen LogP contribution in [-0.2, 0) is 37.0 Å². The van der Waals surface area contributed by atoms with Crippen LogP contribution in [-0.4, -0.2) is 86.4 Å². The smallest absolute Gasteiger partial charge is 0.407 e. The minimum Gasteiger partial charge on any atom is -0.446 e. The first-order chi connectivity index (χ1) is 30.0. The zero-order chi connectivity index (χ0) is 44.1. The number of likely N-dealkylation sites (tertiary alicyclic amines) is 1. The lowest BCUT2D eigenvalue weighted by molar-refractivity contribution is -0.138. The number of allylic oxidation sites excluding steroid dienone is 2. The van der Waals surface area contributed by atoms with Crippen molar-refractivity contribution in [2.24, 2.45) is 11.3 Å². The molecule has 14 heteroatoms. The predicted molar refractivity (Wildman–Crippen MR) is 244 cm³/mol. The van der Waals surface area contributed by atoms with Crippen molar-refractivity contribution in [2.75, 3.05) is 30.3 Å². The number of alkyl carbamates (subject to hydrolysis) is 1. The Balaban J connectivity index is 1.11. The van der Waals surface area contributed by atoms with Crippen molar-refractivity contribution >= 4 is 47.2 Å². The maximum absolute atomic E-state index is 14.5. The summed E-state index contributed by atoms with van der Waals surface area (Å²) < 4.78 is 7.67. The van der Waals surface area contributed by atoms with Crippen LogP contribution in [0.5, 0.6) is 0 Å². The Kier molecular flexibility index (Phi) is 16.8. The standard InChI is InChI=1S/C48H65N7O6S/c1-5-48(4,6-2)33-50-41(56)27-30-62-40-31-43(58)53(46(40)59)29-26-34(25-28-49-47(60)61-36-18-11-9-8-10-12-19-36)23-24-42(57)54-32-35-17-13-14-20-37(35)44-45(55(7-3)52-51-44)38-21-15-16-22-39(38)54/h8-9,13-17,20-22,34,36,40H,5-7,10-12,18-19,23-33H2,1-4H3,(H,49,60)(H,50,56)/b9-8+/t34-,36-,40?/m0/s1. The number of carbonyl (C=O) groups excluding carboxylic acids is 5. The maximum Gasteiger partial charge on any atom is 0.407 e. The van der Waals surface area contributed by atoms with E-state index in [1.165, 1.54) is 16.7 Å². The summed E-state index contributed by atoms with van der Waals surface area (Å²) >= 11 is 1.36. The monoisotopic (exact) mass is 867 g/mol. The third kappa shape index (κ3) is 11.9. The van der Waals surface area contributed by atoms with Gasteiger partial charge in [0.05, 0.1) is 23.2 Å². The molecule has 334 valence electrons. The zero-order valence-corrected chi connectivity index (χ0v) is 37.9. The second-order valence-corrected chi connectivity index (χ2v) is 18.5. The molecular formula is C48H65N7O6S. The summed E-state index contributed by atoms with van der Waals surface area (Å²) in [6.45, 7) is 10.6. The summed E-state index contributed by atoms with van der Waals surface area (Å²) in [5.74, 6) is -0.191. The minimum atomic E-state index is -0.526. The number of ether oxygens (including phenoxy) is 1. The number of imide groups is 1. The molecule has 2 N–H and O–H groups in total. The summed E-state index contributed by atoms with van der Waals surface area (Å²) in [5.41, 5.74) is 5.28. The van der Waals surface area contributed by atoms with Gasteiger partial charge in [-0.25, -0.2) is 9.48 Å². The minimum absolute atomic E-state index is 0.0475. The van der Waals surface area contributed by atoms with E-state index in [9.17, 15) is 24.0 Å². The van der Waals surface area contributed by atoms with Gasteiger partial charge in [-0.2, -0.15) is 0 Å². The number of nitrogens with zero attached hydrogens (tertiary/aromatic N) is 5. The van der Waals surface area contributed by atoms with E-state index in [1.54, 1.807) is 0 Å². The van der Waals surface area contributed by atoms with Gasteiger partial charge in [0.1, 0.15) is 11.8 Å². The molecule has 0 spiro atoms. The summed E-state index contributed by atoms with van der Waals surface area (Å²) in [6.07, 6.45) is 12.2. The van der Waals surface area contributed by atoms with Crippen molar-refractivity contribution in [3.8, 4) is 22.5 Å². The zero-order valence-electron chi connectivity index (χ0n) is 37.0. The number of hydrogen-bond acceptors (Lipinski definition) is 9. The lowest BCUT2D eigenvalue weighted by atomic mass is 9.85. The molecule has 2 aromatic carbocycles. The van der Waals surface area contributed by atoms with E-state index in [-0.39, 0.29) is 66.9 Å². The summed E-state index contributed by atoms with van der Waals surface area (Å²) in [4.78, 5) is 70.1. The number of fused-ring (bicyclic) bond motifs is 5. The summed E-state index contributed by atoms with van der Waals surface area (Å²) in [5, 5.41) is 14.5. The van der Waals surface area contributed by atoms with Crippen LogP contribution in [0.2, 0.25) is 0 Å². The van der Waals surface area contributed by atoms with Crippen molar-refractivity contribution in [1.82, 2.24) is 30.5 Å². The first-order valence-electron chi connectivity index (χ1n) is 22.8. The normalized spacial score (nSPS) is 18.6. The number of benzene rings is 2. The molecule has 1 saturated heterocycles. The number of carbonyl (C=O) groups is 5. The molecule has 6 rings (SSSR count). The van der Waals surface area contributed by atoms with Gasteiger partial charge in [-0.05, 0) is 94.1 Å². The van der Waals surface area contributed by atoms with Crippen LogP contribution in [0.15, 0.2) is 60.7 Å². The summed E-state index contributed by atoms with van der Waals surface area (Å²) in [7, 11) is 0. The molecule has 5 amide bonds. The molecule has 0 saturated carbocycles. The fourth-order valence-corrected chi connectivity index (χ4v) is 9.61. The van der Waals surface area contributed by atoms with Crippen LogP contribution in [0.3, 0.4) is 0 Å². The predicted octanol–water partition coefficient (Wildman–Crippen LogP) is 8.46. The number of aryl methyl sites for hydroxylation is 1. The van der Waals surface area contributed by atoms with Gasteiger partial charge in [0.25, 0.3) is 0 Å². The highest BCUT2D eigenvalue weighted by atomic mass is 32.2. The molecule has 0 radical (unpaired) electrons. The second kappa shape index (κ2) is 22.4. The van der Waals surface area contributed by atoms with Crippen molar-refractivity contribution in [3.05, 3.63) is 66.2 Å². The Labute approximate surface area is 371 Å². The van der Waals surface area contributed by atoms with Gasteiger partial charge in [-0.3, -0.25) is 24.1 Å². The van der Waals surface area contributed by atoms with Crippen molar-refractivity contribution in [3.63, 3.8) is 0 Å². The van der Waals surface area contributed by atoms with E-state index in [4.69, 9.17) is 4.74 Å². The van der Waals surface area contributed by atoms with Crippen LogP contribution in [0.25, 0.3) is 22.5 Å². The van der Waals surface area contributed by atoms with E-state index in [0.29, 0.717) is 51.2 Å². The number of nitrogens with one attached hydrogen (secondary N) is 2. The molecule has 3 aliphatic rings. The average molecular weight is 868 g/mol. The first-order valence-corrected chi connectivity index (χ1v) is 23.8. The number of hydrogen-bond donors (Lipinski definition) is 2. The van der Waals surface area contributed by atoms with E-state index < -0.39 is 11.3 Å². The molecule has 62 heavy (non-hydrogen) atoms. The molecule has 13 nitrogen and oxygen atoms in total. The Bertz CT molecular complexity index is 2060. The Morgan fingerprint density at radius 3 is 2.47 bits per heavy atom. The summed E-state index contributed by atoms with van der Waals surface area (Å²) in [6, 6.07) is 15.9. The van der Waals surface area contributed by atoms with Gasteiger partial charge >= 0.3 is 6.09 Å². The van der Waals surface area contributed by atoms with Crippen molar-refractivity contribution < 1.29 is 28.7 Å². The van der Waals surface area contributed by atoms with Crippen LogP contribution >= 0.6 is 11.8 Å². The Morgan fingerprint density at radius 2 is 1.68 bits per heavy atom. The third-order valence-corrected chi connectivity index (χ3v) is 14.2. The van der Waals surface area contributed by atoms with Gasteiger partial charge in [0.15, 0.2) is 0 Å². The lowest BCUT2D eigenvalue weighted by Gasteiger charge is -2.29. The quantitative estimate of drug-likeness (QED) is 0.0892. The fraction of sp³-hybridized carbons (Fsp3) is 0.562. The number of para-hydroxylation sites is 1. The van der Waals surface area contributed by atoms with E-state index in [2.05, 4.69) is 53.9 Å². The van der Waals surface area contributed by atoms with Crippen LogP contribution in [0, 0.1) is 11.3 Å². The van der Waals surface area contributed by atoms with Crippen LogP contribution < -0.4 is 15.5 Å². The third-order valence-electron chi connectivity index (χ3n) is 13.0. The van der Waals surface area contributed by atoms with E-state index in [0.717, 1.165) is 78.7 Å². The molecule has 1 aromatic heterocycles. The van der Waals surface area contributed by atoms with E-state index in [1.807, 2.05) is 65.0 Å². The number of amides is 5. The van der Waals surface area contributed by atoms with Crippen molar-refractivity contribution in [1.29, 1.82) is 0 Å². The Morgan fingerprint density at radius 1 is 0.919 bits per heavy atom. The van der Waals surface area contributed by atoms with Gasteiger partial charge in [0, 0.05) is 62.3 Å². The second-order valence-electron chi connectivity index (χ2n) is 17.2. The van der Waals surface area contributed by atoms with Gasteiger partial charge < -0.3 is 20.3 Å². The molecule has 2 aliphatic heterocycles. The van der Waals surface area contributed by atoms with E-state index >= 15 is 0 Å². The topological polar surface area (TPSA) is 156 Å². The average Bonchev–Trinajstić information content (AvgIpc) is 3.81. The molecule has 0 bridgehead atoms. The molecular weight excluding hydrogens is 803 g/mol. The molecule has 1 unspecified atom stereocenters. The highest BCUT2D eigenvalue weighted by Crippen LogP contribution is 2.41. The first kappa shape index (κ1) is 46.5. The molecule has 1 aliphatic carbocycles. The van der Waals surface area contributed by atoms with Gasteiger partial charge in [-0.15, -0.1) is 16.9 Å². The maximum atomic E-state index is 14.5. The Hall–Kier alpha value is -4.98. The fourth-order valence-electron chi connectivity index (χ4n) is 8.49. The molecule has 3 aromatic rings. The molecule has 1 fully saturated rings. The lowest BCUT2D eigenvalue weighted by Crippen LogP contribution is -2.35. The van der Waals surface area contributed by atoms with Crippen molar-refractivity contribution in [2.45, 2.75) is 136 Å². The van der Waals surface area contributed by atoms with Gasteiger partial charge in [0.2, 0.25) is 23.6 Å². The van der Waals surface area contributed by atoms with Gasteiger partial charge in [-0.1, -0.05) is 80.6 Å². The number of aromatic nitrogens is 3. The largest absolute Gasteiger partial charge is 0.446 e. The number of thioether (sulfide) groups is 1. The molecule has 3 heterocycles. The SMILES string of the molecule is CCn1nnc2c1-c1ccccc1N(C(=O)CC[C@@H](CCNC(=O)O[C@H]1CC/C=C/CCC1)CCN1C(=O)CC(SCCC(=O)NCC(C)(CC)CC)C1=O)Cc1ccccc1-2. The number of rotatable bonds is 19. The van der Waals surface area contributed by atoms with Crippen LogP contribution in [0.1, 0.15) is 117 Å². The highest BCUT2D eigenvalue weighted by molar-refractivity contribution is 8.00. The highest BCUT2D eigenvalue weighted by Gasteiger charge is 2.39. The number of anilines is 1.